The van der Waals surface area contributed by atoms with E-state index >= 15 is 0 Å². The van der Waals surface area contributed by atoms with Crippen LogP contribution in [0.1, 0.15) is 34.6 Å². The van der Waals surface area contributed by atoms with E-state index in [0.29, 0.717) is 18.8 Å². The van der Waals surface area contributed by atoms with E-state index in [1.165, 1.54) is 41.7 Å². The van der Waals surface area contributed by atoms with E-state index in [1.54, 1.807) is 32.0 Å². The van der Waals surface area contributed by atoms with Crippen LogP contribution in [0, 0.1) is 0 Å². The number of carbonyl (C=O) groups excluding carboxylic acids is 2. The Balaban J connectivity index is 2.05. The second kappa shape index (κ2) is 10.3. The quantitative estimate of drug-likeness (QED) is 0.495. The summed E-state index contributed by atoms with van der Waals surface area (Å²) in [5.74, 6) is -1.05. The van der Waals surface area contributed by atoms with Crippen LogP contribution in [0.3, 0.4) is 0 Å². The molecule has 0 radical (unpaired) electrons. The zero-order valence-electron chi connectivity index (χ0n) is 16.8. The zero-order chi connectivity index (χ0) is 22.3. The molecule has 8 nitrogen and oxygen atoms in total. The molecule has 0 saturated heterocycles. The maximum Gasteiger partial charge on any atom is 0.337 e. The summed E-state index contributed by atoms with van der Waals surface area (Å²) in [6.07, 6.45) is 0. The van der Waals surface area contributed by atoms with Gasteiger partial charge in [0.25, 0.3) is 5.91 Å². The molecule has 2 rings (SSSR count). The molecular formula is C20H23N3O5S2. The number of rotatable bonds is 7. The molecule has 2 aromatic rings. The number of thiocarbonyl (C=S) groups is 1. The summed E-state index contributed by atoms with van der Waals surface area (Å²) in [6, 6.07) is 12.1. The Labute approximate surface area is 181 Å². The molecular weight excluding hydrogens is 426 g/mol. The van der Waals surface area contributed by atoms with Crippen LogP contribution in [0.2, 0.25) is 0 Å². The minimum Gasteiger partial charge on any atom is -0.465 e. The highest BCUT2D eigenvalue weighted by atomic mass is 32.2. The van der Waals surface area contributed by atoms with Gasteiger partial charge < -0.3 is 10.1 Å². The number of nitrogens with zero attached hydrogens (tertiary/aromatic N) is 1. The van der Waals surface area contributed by atoms with Crippen molar-refractivity contribution in [2.45, 2.75) is 18.7 Å². The topological polar surface area (TPSA) is 105 Å². The SMILES string of the molecule is CCN(CC)S(=O)(=O)c1ccc(NC(=S)NC(=O)c2cccc(C(=O)OC)c2)cc1. The lowest BCUT2D eigenvalue weighted by atomic mass is 10.1. The summed E-state index contributed by atoms with van der Waals surface area (Å²) in [6.45, 7) is 4.32. The third-order valence-electron chi connectivity index (χ3n) is 4.23. The number of methoxy groups -OCH3 is 1. The average molecular weight is 450 g/mol. The van der Waals surface area contributed by atoms with E-state index in [2.05, 4.69) is 15.4 Å². The second-order valence-electron chi connectivity index (χ2n) is 6.09. The Hall–Kier alpha value is -2.82. The Morgan fingerprint density at radius 3 is 2.20 bits per heavy atom. The largest absolute Gasteiger partial charge is 0.465 e. The lowest BCUT2D eigenvalue weighted by Crippen LogP contribution is -2.34. The number of amides is 1. The molecule has 30 heavy (non-hydrogen) atoms. The number of carbonyl (C=O) groups is 2. The molecule has 0 heterocycles. The van der Waals surface area contributed by atoms with E-state index < -0.39 is 21.9 Å². The lowest BCUT2D eigenvalue weighted by Gasteiger charge is -2.18. The molecule has 2 aromatic carbocycles. The number of nitrogens with one attached hydrogen (secondary N) is 2. The molecule has 2 N–H and O–H groups in total. The predicted molar refractivity (Wildman–Crippen MR) is 118 cm³/mol. The first-order valence-corrected chi connectivity index (χ1v) is 11.0. The summed E-state index contributed by atoms with van der Waals surface area (Å²) in [7, 11) is -2.29. The molecule has 0 fully saturated rings. The molecule has 0 saturated carbocycles. The second-order valence-corrected chi connectivity index (χ2v) is 8.44. The van der Waals surface area contributed by atoms with Crippen molar-refractivity contribution in [1.82, 2.24) is 9.62 Å². The highest BCUT2D eigenvalue weighted by Crippen LogP contribution is 2.18. The summed E-state index contributed by atoms with van der Waals surface area (Å²) >= 11 is 5.14. The van der Waals surface area contributed by atoms with Crippen LogP contribution < -0.4 is 10.6 Å². The number of benzene rings is 2. The van der Waals surface area contributed by atoms with Crippen LogP contribution in [0.15, 0.2) is 53.4 Å². The minimum absolute atomic E-state index is 0.0304. The molecule has 0 aromatic heterocycles. The van der Waals surface area contributed by atoms with E-state index in [9.17, 15) is 18.0 Å². The van der Waals surface area contributed by atoms with Crippen LogP contribution in [0.5, 0.6) is 0 Å². The first-order valence-electron chi connectivity index (χ1n) is 9.13. The Morgan fingerprint density at radius 1 is 1.03 bits per heavy atom. The van der Waals surface area contributed by atoms with Gasteiger partial charge >= 0.3 is 5.97 Å². The monoisotopic (exact) mass is 449 g/mol. The molecule has 160 valence electrons. The number of ether oxygens (including phenoxy) is 1. The smallest absolute Gasteiger partial charge is 0.337 e. The summed E-state index contributed by atoms with van der Waals surface area (Å²) in [5.41, 5.74) is 0.999. The van der Waals surface area contributed by atoms with Crippen molar-refractivity contribution in [3.05, 3.63) is 59.7 Å². The van der Waals surface area contributed by atoms with Gasteiger partial charge in [-0.15, -0.1) is 0 Å². The third-order valence-corrected chi connectivity index (χ3v) is 6.50. The van der Waals surface area contributed by atoms with Gasteiger partial charge in [-0.3, -0.25) is 10.1 Å². The number of hydrogen-bond donors (Lipinski definition) is 2. The molecule has 0 bridgehead atoms. The first-order chi connectivity index (χ1) is 14.2. The van der Waals surface area contributed by atoms with Crippen molar-refractivity contribution in [3.8, 4) is 0 Å². The standard InChI is InChI=1S/C20H23N3O5S2/c1-4-23(5-2)30(26,27)17-11-9-16(10-12-17)21-20(29)22-18(24)14-7-6-8-15(13-14)19(25)28-3/h6-13H,4-5H2,1-3H3,(H2,21,22,24,29). The van der Waals surface area contributed by atoms with Crippen LogP contribution in [-0.2, 0) is 14.8 Å². The van der Waals surface area contributed by atoms with Crippen molar-refractivity contribution >= 4 is 44.9 Å². The predicted octanol–water partition coefficient (Wildman–Crippen LogP) is 2.63. The number of esters is 1. The van der Waals surface area contributed by atoms with Gasteiger partial charge in [-0.05, 0) is 54.7 Å². The normalized spacial score (nSPS) is 11.1. The fourth-order valence-corrected chi connectivity index (χ4v) is 4.33. The van der Waals surface area contributed by atoms with Gasteiger partial charge in [0.2, 0.25) is 10.0 Å². The van der Waals surface area contributed by atoms with Gasteiger partial charge in [0.1, 0.15) is 0 Å². The highest BCUT2D eigenvalue weighted by Gasteiger charge is 2.21. The van der Waals surface area contributed by atoms with Crippen LogP contribution in [0.4, 0.5) is 5.69 Å². The van der Waals surface area contributed by atoms with Gasteiger partial charge in [0, 0.05) is 24.3 Å². The van der Waals surface area contributed by atoms with Gasteiger partial charge in [0.15, 0.2) is 5.11 Å². The van der Waals surface area contributed by atoms with E-state index in [-0.39, 0.29) is 21.1 Å². The van der Waals surface area contributed by atoms with Crippen molar-refractivity contribution < 1.29 is 22.7 Å². The molecule has 0 aliphatic carbocycles. The molecule has 10 heteroatoms. The van der Waals surface area contributed by atoms with E-state index in [0.717, 1.165) is 0 Å². The maximum absolute atomic E-state index is 12.5. The Kier molecular flexibility index (Phi) is 8.04. The van der Waals surface area contributed by atoms with Crippen LogP contribution in [0.25, 0.3) is 0 Å². The Bertz CT molecular complexity index is 1030. The summed E-state index contributed by atoms with van der Waals surface area (Å²) < 4.78 is 31.0. The Morgan fingerprint density at radius 2 is 1.63 bits per heavy atom. The molecule has 0 aliphatic rings. The van der Waals surface area contributed by atoms with Gasteiger partial charge in [-0.1, -0.05) is 19.9 Å². The van der Waals surface area contributed by atoms with Crippen molar-refractivity contribution in [2.24, 2.45) is 0 Å². The third kappa shape index (κ3) is 5.62. The van der Waals surface area contributed by atoms with E-state index in [4.69, 9.17) is 12.2 Å². The first kappa shape index (κ1) is 23.5. The molecule has 0 aliphatic heterocycles. The number of sulfonamides is 1. The van der Waals surface area contributed by atoms with Crippen LogP contribution in [-0.4, -0.2) is 49.9 Å². The van der Waals surface area contributed by atoms with Gasteiger partial charge in [-0.25, -0.2) is 13.2 Å². The molecule has 1 amide bonds. The van der Waals surface area contributed by atoms with Crippen molar-refractivity contribution in [3.63, 3.8) is 0 Å². The molecule has 0 unspecified atom stereocenters. The summed E-state index contributed by atoms with van der Waals surface area (Å²) in [4.78, 5) is 24.1. The number of anilines is 1. The van der Waals surface area contributed by atoms with Gasteiger partial charge in [0.05, 0.1) is 17.6 Å². The minimum atomic E-state index is -3.55. The van der Waals surface area contributed by atoms with Crippen LogP contribution >= 0.6 is 12.2 Å². The average Bonchev–Trinajstić information content (AvgIpc) is 2.74. The van der Waals surface area contributed by atoms with E-state index in [1.807, 2.05) is 0 Å². The van der Waals surface area contributed by atoms with Crippen molar-refractivity contribution in [2.75, 3.05) is 25.5 Å². The maximum atomic E-state index is 12.5. The molecule has 0 spiro atoms. The number of hydrogen-bond acceptors (Lipinski definition) is 6. The summed E-state index contributed by atoms with van der Waals surface area (Å²) in [5, 5.41) is 5.37. The molecule has 0 atom stereocenters. The highest BCUT2D eigenvalue weighted by molar-refractivity contribution is 7.89. The van der Waals surface area contributed by atoms with Crippen molar-refractivity contribution in [1.29, 1.82) is 0 Å². The fourth-order valence-electron chi connectivity index (χ4n) is 2.67. The lowest BCUT2D eigenvalue weighted by molar-refractivity contribution is 0.0600. The van der Waals surface area contributed by atoms with Gasteiger partial charge in [-0.2, -0.15) is 4.31 Å². The zero-order valence-corrected chi connectivity index (χ0v) is 18.5. The fraction of sp³-hybridized carbons (Fsp3) is 0.250.